The zero-order valence-corrected chi connectivity index (χ0v) is 14.6. The van der Waals surface area contributed by atoms with E-state index in [1.165, 1.54) is 37.7 Å². The van der Waals surface area contributed by atoms with Crippen LogP contribution in [0.5, 0.6) is 11.5 Å². The lowest BCUT2D eigenvalue weighted by atomic mass is 9.99. The second kappa shape index (κ2) is 8.42. The van der Waals surface area contributed by atoms with Gasteiger partial charge in [0.25, 0.3) is 0 Å². The Morgan fingerprint density at radius 1 is 1.09 bits per heavy atom. The molecule has 0 unspecified atom stereocenters. The number of hydrogen-bond acceptors (Lipinski definition) is 3. The smallest absolute Gasteiger partial charge is 0.231 e. The minimum atomic E-state index is 0.349. The van der Waals surface area contributed by atoms with E-state index < -0.39 is 0 Å². The maximum absolute atomic E-state index is 5.48. The molecule has 0 bridgehead atoms. The van der Waals surface area contributed by atoms with Crippen LogP contribution in [0.15, 0.2) is 18.2 Å². The Morgan fingerprint density at radius 2 is 1.86 bits per heavy atom. The highest BCUT2D eigenvalue weighted by Crippen LogP contribution is 2.33. The van der Waals surface area contributed by atoms with E-state index in [-0.39, 0.29) is 0 Å². The van der Waals surface area contributed by atoms with Crippen molar-refractivity contribution in [3.8, 4) is 11.5 Å². The van der Waals surface area contributed by atoms with Crippen LogP contribution in [0.4, 0.5) is 0 Å². The molecule has 0 saturated heterocycles. The number of fused-ring (bicyclic) bond motifs is 1. The van der Waals surface area contributed by atoms with Gasteiger partial charge in [0.1, 0.15) is 0 Å². The third kappa shape index (κ3) is 4.91. The van der Waals surface area contributed by atoms with Crippen LogP contribution in [0, 0.1) is 5.92 Å². The quantitative estimate of drug-likeness (QED) is 0.651. The molecule has 0 amide bonds. The van der Waals surface area contributed by atoms with Crippen molar-refractivity contribution in [2.75, 3.05) is 13.8 Å². The summed E-state index contributed by atoms with van der Waals surface area (Å²) in [6, 6.07) is 6.98. The van der Waals surface area contributed by atoms with Gasteiger partial charge in [0, 0.05) is 12.6 Å². The normalized spacial score (nSPS) is 14.8. The molecule has 1 atom stereocenters. The third-order valence-corrected chi connectivity index (χ3v) is 4.43. The lowest BCUT2D eigenvalue weighted by Gasteiger charge is -2.28. The second-order valence-electron chi connectivity index (χ2n) is 6.87. The van der Waals surface area contributed by atoms with Gasteiger partial charge in [-0.25, -0.2) is 0 Å². The monoisotopic (exact) mass is 305 g/mol. The van der Waals surface area contributed by atoms with Crippen molar-refractivity contribution in [1.82, 2.24) is 4.90 Å². The largest absolute Gasteiger partial charge is 0.454 e. The van der Waals surface area contributed by atoms with Crippen molar-refractivity contribution in [3.63, 3.8) is 0 Å². The number of nitrogens with zero attached hydrogens (tertiary/aromatic N) is 1. The first-order valence-electron chi connectivity index (χ1n) is 8.69. The van der Waals surface area contributed by atoms with Gasteiger partial charge < -0.3 is 9.47 Å². The summed E-state index contributed by atoms with van der Waals surface area (Å²) in [7, 11) is 2.25. The highest BCUT2D eigenvalue weighted by molar-refractivity contribution is 5.44. The number of ether oxygens (including phenoxy) is 2. The fraction of sp³-hybridized carbons (Fsp3) is 0.684. The van der Waals surface area contributed by atoms with E-state index in [1.54, 1.807) is 0 Å². The summed E-state index contributed by atoms with van der Waals surface area (Å²) in [5.41, 5.74) is 1.30. The van der Waals surface area contributed by atoms with E-state index >= 15 is 0 Å². The number of hydrogen-bond donors (Lipinski definition) is 0. The molecule has 0 N–H and O–H groups in total. The average molecular weight is 305 g/mol. The first-order chi connectivity index (χ1) is 10.6. The molecule has 3 heteroatoms. The molecule has 124 valence electrons. The molecule has 0 aromatic heterocycles. The van der Waals surface area contributed by atoms with Crippen LogP contribution in [0.3, 0.4) is 0 Å². The predicted octanol–water partition coefficient (Wildman–Crippen LogP) is 4.84. The molecule has 0 saturated carbocycles. The Labute approximate surface area is 135 Å². The molecule has 22 heavy (non-hydrogen) atoms. The first-order valence-corrected chi connectivity index (χ1v) is 8.69. The molecule has 3 nitrogen and oxygen atoms in total. The molecule has 1 aromatic carbocycles. The van der Waals surface area contributed by atoms with Gasteiger partial charge in [-0.3, -0.25) is 4.90 Å². The van der Waals surface area contributed by atoms with Gasteiger partial charge in [0.2, 0.25) is 6.79 Å². The summed E-state index contributed by atoms with van der Waals surface area (Å²) in [6.07, 6.45) is 6.48. The summed E-state index contributed by atoms with van der Waals surface area (Å²) in [5, 5.41) is 0. The van der Waals surface area contributed by atoms with Crippen LogP contribution >= 0.6 is 0 Å². The second-order valence-corrected chi connectivity index (χ2v) is 6.87. The van der Waals surface area contributed by atoms with Crippen LogP contribution < -0.4 is 9.47 Å². The topological polar surface area (TPSA) is 21.7 Å². The number of rotatable bonds is 9. The van der Waals surface area contributed by atoms with Gasteiger partial charge in [0.05, 0.1) is 0 Å². The zero-order chi connectivity index (χ0) is 15.9. The lowest BCUT2D eigenvalue weighted by Crippen LogP contribution is -2.31. The Kier molecular flexibility index (Phi) is 6.56. The SMILES string of the molecule is CCC[C@H](CCCC(C)C)N(C)Cc1ccc2c(c1)OCO2. The van der Waals surface area contributed by atoms with E-state index in [9.17, 15) is 0 Å². The van der Waals surface area contributed by atoms with E-state index in [1.807, 2.05) is 6.07 Å². The first kappa shape index (κ1) is 17.1. The van der Waals surface area contributed by atoms with Gasteiger partial charge in [-0.1, -0.05) is 46.1 Å². The molecule has 1 aliphatic rings. The molecule has 0 spiro atoms. The van der Waals surface area contributed by atoms with Gasteiger partial charge in [0.15, 0.2) is 11.5 Å². The number of benzene rings is 1. The standard InChI is InChI=1S/C19H31NO2/c1-5-7-17(9-6-8-15(2)3)20(4)13-16-10-11-18-19(12-16)22-14-21-18/h10-12,15,17H,5-9,13-14H2,1-4H3/t17-/m1/s1. The van der Waals surface area contributed by atoms with Crippen LogP contribution in [-0.4, -0.2) is 24.8 Å². The highest BCUT2D eigenvalue weighted by atomic mass is 16.7. The molecule has 1 heterocycles. The molecule has 2 rings (SSSR count). The van der Waals surface area contributed by atoms with Gasteiger partial charge >= 0.3 is 0 Å². The fourth-order valence-electron chi connectivity index (χ4n) is 3.14. The minimum absolute atomic E-state index is 0.349. The van der Waals surface area contributed by atoms with Gasteiger partial charge in [-0.2, -0.15) is 0 Å². The molecular formula is C19H31NO2. The minimum Gasteiger partial charge on any atom is -0.454 e. The van der Waals surface area contributed by atoms with E-state index in [0.29, 0.717) is 12.8 Å². The zero-order valence-electron chi connectivity index (χ0n) is 14.6. The summed E-state index contributed by atoms with van der Waals surface area (Å²) < 4.78 is 10.9. The Bertz CT molecular complexity index is 459. The maximum atomic E-state index is 5.48. The van der Waals surface area contributed by atoms with E-state index in [0.717, 1.165) is 24.0 Å². The van der Waals surface area contributed by atoms with Crippen LogP contribution in [-0.2, 0) is 6.54 Å². The van der Waals surface area contributed by atoms with Crippen molar-refractivity contribution in [1.29, 1.82) is 0 Å². The third-order valence-electron chi connectivity index (χ3n) is 4.43. The molecule has 0 fully saturated rings. The average Bonchev–Trinajstić information content (AvgIpc) is 2.93. The Balaban J connectivity index is 1.90. The summed E-state index contributed by atoms with van der Waals surface area (Å²) >= 11 is 0. The highest BCUT2D eigenvalue weighted by Gasteiger charge is 2.17. The molecule has 0 radical (unpaired) electrons. The lowest BCUT2D eigenvalue weighted by molar-refractivity contribution is 0.173. The fourth-order valence-corrected chi connectivity index (χ4v) is 3.14. The maximum Gasteiger partial charge on any atom is 0.231 e. The van der Waals surface area contributed by atoms with Crippen molar-refractivity contribution >= 4 is 0 Å². The Morgan fingerprint density at radius 3 is 2.59 bits per heavy atom. The van der Waals surface area contributed by atoms with Crippen LogP contribution in [0.2, 0.25) is 0 Å². The van der Waals surface area contributed by atoms with Crippen LogP contribution in [0.25, 0.3) is 0 Å². The van der Waals surface area contributed by atoms with Crippen LogP contribution in [0.1, 0.15) is 58.4 Å². The molecule has 1 aliphatic heterocycles. The molecule has 1 aromatic rings. The van der Waals surface area contributed by atoms with Gasteiger partial charge in [-0.05, 0) is 43.5 Å². The Hall–Kier alpha value is -1.22. The summed E-state index contributed by atoms with van der Waals surface area (Å²) in [4.78, 5) is 2.50. The molecule has 0 aliphatic carbocycles. The van der Waals surface area contributed by atoms with E-state index in [2.05, 4.69) is 44.9 Å². The van der Waals surface area contributed by atoms with Crippen molar-refractivity contribution in [3.05, 3.63) is 23.8 Å². The van der Waals surface area contributed by atoms with Crippen molar-refractivity contribution < 1.29 is 9.47 Å². The summed E-state index contributed by atoms with van der Waals surface area (Å²) in [5.74, 6) is 2.56. The molecular weight excluding hydrogens is 274 g/mol. The van der Waals surface area contributed by atoms with Crippen molar-refractivity contribution in [2.24, 2.45) is 5.92 Å². The van der Waals surface area contributed by atoms with E-state index in [4.69, 9.17) is 9.47 Å². The van der Waals surface area contributed by atoms with Gasteiger partial charge in [-0.15, -0.1) is 0 Å². The predicted molar refractivity (Wildman–Crippen MR) is 91.4 cm³/mol. The summed E-state index contributed by atoms with van der Waals surface area (Å²) in [6.45, 7) is 8.23. The van der Waals surface area contributed by atoms with Crippen molar-refractivity contribution in [2.45, 2.75) is 65.5 Å².